The van der Waals surface area contributed by atoms with Crippen LogP contribution in [0.2, 0.25) is 0 Å². The zero-order chi connectivity index (χ0) is 31.3. The van der Waals surface area contributed by atoms with E-state index >= 15 is 0 Å². The maximum absolute atomic E-state index is 6.49. The summed E-state index contributed by atoms with van der Waals surface area (Å²) in [5, 5.41) is 4.61. The summed E-state index contributed by atoms with van der Waals surface area (Å²) in [5.41, 5.74) is 12.8. The maximum Gasteiger partial charge on any atom is 0.235 e. The Morgan fingerprint density at radius 2 is 1.26 bits per heavy atom. The predicted octanol–water partition coefficient (Wildman–Crippen LogP) is 11.1. The van der Waals surface area contributed by atoms with Crippen molar-refractivity contribution in [2.45, 2.75) is 19.3 Å². The van der Waals surface area contributed by atoms with Crippen molar-refractivity contribution in [3.05, 3.63) is 151 Å². The second-order valence-corrected chi connectivity index (χ2v) is 13.0. The lowest BCUT2D eigenvalue weighted by atomic mass is 9.82. The van der Waals surface area contributed by atoms with Crippen LogP contribution in [0.4, 0.5) is 0 Å². The van der Waals surface area contributed by atoms with E-state index in [9.17, 15) is 0 Å². The third-order valence-corrected chi connectivity index (χ3v) is 10.0. The lowest BCUT2D eigenvalue weighted by molar-refractivity contribution is 0.661. The van der Waals surface area contributed by atoms with Crippen LogP contribution >= 0.6 is 0 Å². The van der Waals surface area contributed by atoms with Gasteiger partial charge in [0.05, 0.1) is 22.4 Å². The Kier molecular flexibility index (Phi) is 5.31. The number of para-hydroxylation sites is 3. The quantitative estimate of drug-likeness (QED) is 0.202. The summed E-state index contributed by atoms with van der Waals surface area (Å²) in [6.07, 6.45) is 0. The average Bonchev–Trinajstić information content (AvgIpc) is 3.74. The molecule has 0 amide bonds. The molecule has 0 radical (unpaired) electrons. The van der Waals surface area contributed by atoms with E-state index in [1.165, 1.54) is 33.0 Å². The second-order valence-electron chi connectivity index (χ2n) is 13.0. The van der Waals surface area contributed by atoms with Crippen LogP contribution in [0.5, 0.6) is 0 Å². The van der Waals surface area contributed by atoms with Gasteiger partial charge in [0.1, 0.15) is 11.2 Å². The average molecular weight is 604 g/mol. The molecule has 0 spiro atoms. The summed E-state index contributed by atoms with van der Waals surface area (Å²) in [7, 11) is 0. The van der Waals surface area contributed by atoms with E-state index in [0.717, 1.165) is 55.5 Å². The van der Waals surface area contributed by atoms with Gasteiger partial charge in [-0.05, 0) is 52.6 Å². The molecular formula is C43H29N3O. The Balaban J connectivity index is 1.31. The molecule has 1 aliphatic rings. The fourth-order valence-electron chi connectivity index (χ4n) is 7.85. The van der Waals surface area contributed by atoms with Gasteiger partial charge in [0.15, 0.2) is 0 Å². The van der Waals surface area contributed by atoms with E-state index in [1.807, 2.05) is 18.2 Å². The summed E-state index contributed by atoms with van der Waals surface area (Å²) in [5.74, 6) is 0.631. The maximum atomic E-state index is 6.49. The van der Waals surface area contributed by atoms with Crippen LogP contribution in [0.15, 0.2) is 144 Å². The lowest BCUT2D eigenvalue weighted by Crippen LogP contribution is -2.14. The van der Waals surface area contributed by atoms with Crippen LogP contribution in [-0.4, -0.2) is 14.5 Å². The van der Waals surface area contributed by atoms with Gasteiger partial charge >= 0.3 is 0 Å². The summed E-state index contributed by atoms with van der Waals surface area (Å²) in [4.78, 5) is 10.6. The normalized spacial score (nSPS) is 13.5. The van der Waals surface area contributed by atoms with Crippen molar-refractivity contribution in [3.63, 3.8) is 0 Å². The molecule has 6 aromatic carbocycles. The van der Waals surface area contributed by atoms with Gasteiger partial charge in [-0.1, -0.05) is 123 Å². The van der Waals surface area contributed by atoms with Gasteiger partial charge in [0.2, 0.25) is 5.95 Å². The summed E-state index contributed by atoms with van der Waals surface area (Å²) < 4.78 is 8.73. The van der Waals surface area contributed by atoms with E-state index in [2.05, 4.69) is 140 Å². The van der Waals surface area contributed by atoms with Gasteiger partial charge in [0, 0.05) is 38.1 Å². The van der Waals surface area contributed by atoms with Gasteiger partial charge in [0.25, 0.3) is 0 Å². The van der Waals surface area contributed by atoms with Crippen molar-refractivity contribution < 1.29 is 4.42 Å². The van der Waals surface area contributed by atoms with Crippen LogP contribution < -0.4 is 0 Å². The highest BCUT2D eigenvalue weighted by atomic mass is 16.3. The zero-order valence-corrected chi connectivity index (χ0v) is 26.0. The van der Waals surface area contributed by atoms with Gasteiger partial charge < -0.3 is 4.42 Å². The first-order valence-corrected chi connectivity index (χ1v) is 16.1. The minimum absolute atomic E-state index is 0.0918. The number of hydrogen-bond donors (Lipinski definition) is 0. The molecule has 1 aliphatic carbocycles. The Morgan fingerprint density at radius 3 is 2.15 bits per heavy atom. The van der Waals surface area contributed by atoms with Crippen molar-refractivity contribution in [2.24, 2.45) is 0 Å². The Labute approximate surface area is 271 Å². The minimum atomic E-state index is -0.0918. The third kappa shape index (κ3) is 3.64. The number of aromatic nitrogens is 3. The van der Waals surface area contributed by atoms with Crippen LogP contribution in [0.3, 0.4) is 0 Å². The third-order valence-electron chi connectivity index (χ3n) is 10.0. The molecule has 0 saturated heterocycles. The Hall–Kier alpha value is -6.00. The van der Waals surface area contributed by atoms with Gasteiger partial charge in [-0.25, -0.2) is 9.97 Å². The van der Waals surface area contributed by atoms with Crippen molar-refractivity contribution >= 4 is 43.7 Å². The standard InChI is InChI=1S/C43H29N3O/c1-43(2)32-20-9-6-16-29(32)39-33(43)23-24-37-40(39)31-17-7-10-21-36(31)46(37)42-44-34(26-13-4-3-5-14-26)25-35(45-42)30-19-12-18-28-27-15-8-11-22-38(27)47-41(28)30/h3-25H,1-2H3. The smallest absolute Gasteiger partial charge is 0.235 e. The van der Waals surface area contributed by atoms with Gasteiger partial charge in [-0.15, -0.1) is 0 Å². The van der Waals surface area contributed by atoms with Gasteiger partial charge in [-0.2, -0.15) is 0 Å². The highest BCUT2D eigenvalue weighted by Crippen LogP contribution is 2.53. The number of furan rings is 1. The van der Waals surface area contributed by atoms with E-state index < -0.39 is 0 Å². The molecule has 0 saturated carbocycles. The summed E-state index contributed by atoms with van der Waals surface area (Å²) in [6, 6.07) is 49.0. The molecule has 0 aliphatic heterocycles. The first-order valence-electron chi connectivity index (χ1n) is 16.1. The number of benzene rings is 6. The second kappa shape index (κ2) is 9.51. The van der Waals surface area contributed by atoms with Crippen molar-refractivity contribution in [1.29, 1.82) is 0 Å². The fourth-order valence-corrected chi connectivity index (χ4v) is 7.85. The molecule has 0 fully saturated rings. The molecule has 4 heteroatoms. The van der Waals surface area contributed by atoms with Crippen LogP contribution in [0.25, 0.3) is 83.3 Å². The van der Waals surface area contributed by atoms with Crippen molar-refractivity contribution in [3.8, 4) is 39.6 Å². The molecule has 222 valence electrons. The van der Waals surface area contributed by atoms with E-state index in [1.54, 1.807) is 0 Å². The number of hydrogen-bond acceptors (Lipinski definition) is 3. The van der Waals surface area contributed by atoms with Crippen LogP contribution in [0.1, 0.15) is 25.0 Å². The van der Waals surface area contributed by atoms with E-state index in [4.69, 9.17) is 14.4 Å². The van der Waals surface area contributed by atoms with Gasteiger partial charge in [-0.3, -0.25) is 4.57 Å². The first kappa shape index (κ1) is 26.2. The topological polar surface area (TPSA) is 43.9 Å². The molecule has 47 heavy (non-hydrogen) atoms. The first-order chi connectivity index (χ1) is 23.1. The summed E-state index contributed by atoms with van der Waals surface area (Å²) >= 11 is 0. The van der Waals surface area contributed by atoms with Crippen LogP contribution in [0, 0.1) is 0 Å². The number of fused-ring (bicyclic) bond motifs is 10. The molecular weight excluding hydrogens is 574 g/mol. The molecule has 0 unspecified atom stereocenters. The minimum Gasteiger partial charge on any atom is -0.455 e. The monoisotopic (exact) mass is 603 g/mol. The Morgan fingerprint density at radius 1 is 0.553 bits per heavy atom. The van der Waals surface area contributed by atoms with Crippen LogP contribution in [-0.2, 0) is 5.41 Å². The van der Waals surface area contributed by atoms with Crippen molar-refractivity contribution in [2.75, 3.05) is 0 Å². The zero-order valence-electron chi connectivity index (χ0n) is 26.0. The molecule has 0 N–H and O–H groups in total. The van der Waals surface area contributed by atoms with E-state index in [0.29, 0.717) is 5.95 Å². The fraction of sp³-hybridized carbons (Fsp3) is 0.0698. The molecule has 3 heterocycles. The lowest BCUT2D eigenvalue weighted by Gasteiger charge is -2.21. The molecule has 0 bridgehead atoms. The SMILES string of the molecule is CC1(C)c2ccccc2-c2c1ccc1c2c2ccccc2n1-c1nc(-c2ccccc2)cc(-c2cccc3c2oc2ccccc23)n1. The highest BCUT2D eigenvalue weighted by molar-refractivity contribution is 6.18. The number of rotatable bonds is 3. The largest absolute Gasteiger partial charge is 0.455 e. The molecule has 0 atom stereocenters. The Bertz CT molecular complexity index is 2710. The molecule has 4 nitrogen and oxygen atoms in total. The number of nitrogens with zero attached hydrogens (tertiary/aromatic N) is 3. The predicted molar refractivity (Wildman–Crippen MR) is 192 cm³/mol. The van der Waals surface area contributed by atoms with E-state index in [-0.39, 0.29) is 5.41 Å². The molecule has 3 aromatic heterocycles. The highest BCUT2D eigenvalue weighted by Gasteiger charge is 2.37. The summed E-state index contributed by atoms with van der Waals surface area (Å²) in [6.45, 7) is 4.67. The van der Waals surface area contributed by atoms with Crippen molar-refractivity contribution in [1.82, 2.24) is 14.5 Å². The molecule has 9 aromatic rings. The molecule has 10 rings (SSSR count).